The first-order valence-electron chi connectivity index (χ1n) is 6.98. The van der Waals surface area contributed by atoms with Gasteiger partial charge < -0.3 is 10.2 Å². The third kappa shape index (κ3) is 3.54. The Morgan fingerprint density at radius 1 is 1.25 bits per heavy atom. The Kier molecular flexibility index (Phi) is 4.68. The Labute approximate surface area is 117 Å². The molecule has 0 radical (unpaired) electrons. The molecule has 2 N–H and O–H groups in total. The highest BCUT2D eigenvalue weighted by molar-refractivity contribution is 5.93. The summed E-state index contributed by atoms with van der Waals surface area (Å²) in [6.45, 7) is 4.01. The highest BCUT2D eigenvalue weighted by atomic mass is 16.6. The number of hydrogen-bond acceptors (Lipinski definition) is 3. The second kappa shape index (κ2) is 6.47. The topological polar surface area (TPSA) is 76.7 Å². The van der Waals surface area contributed by atoms with Crippen LogP contribution in [0, 0.1) is 10.1 Å². The van der Waals surface area contributed by atoms with Gasteiger partial charge in [-0.1, -0.05) is 0 Å². The van der Waals surface area contributed by atoms with Crippen molar-refractivity contribution >= 4 is 17.3 Å². The molecular formula is C14H20N3O3+. The van der Waals surface area contributed by atoms with E-state index in [4.69, 9.17) is 0 Å². The molecule has 1 amide bonds. The number of hydrogen-bond donors (Lipinski definition) is 2. The van der Waals surface area contributed by atoms with E-state index >= 15 is 0 Å². The highest BCUT2D eigenvalue weighted by Crippen LogP contribution is 2.15. The van der Waals surface area contributed by atoms with Gasteiger partial charge in [0.25, 0.3) is 11.6 Å². The van der Waals surface area contributed by atoms with Gasteiger partial charge in [0.15, 0.2) is 6.04 Å². The zero-order valence-corrected chi connectivity index (χ0v) is 11.6. The molecule has 0 unspecified atom stereocenters. The lowest BCUT2D eigenvalue weighted by Crippen LogP contribution is -3.17. The van der Waals surface area contributed by atoms with Gasteiger partial charge in [-0.3, -0.25) is 14.9 Å². The number of anilines is 1. The van der Waals surface area contributed by atoms with Crippen LogP contribution in [0.1, 0.15) is 26.2 Å². The molecule has 1 atom stereocenters. The lowest BCUT2D eigenvalue weighted by Gasteiger charge is -2.28. The summed E-state index contributed by atoms with van der Waals surface area (Å²) < 4.78 is 0. The smallest absolute Gasteiger partial charge is 0.282 e. The molecule has 1 heterocycles. The van der Waals surface area contributed by atoms with Crippen molar-refractivity contribution < 1.29 is 14.6 Å². The summed E-state index contributed by atoms with van der Waals surface area (Å²) in [5, 5.41) is 13.4. The zero-order valence-electron chi connectivity index (χ0n) is 11.6. The summed E-state index contributed by atoms with van der Waals surface area (Å²) in [5.41, 5.74) is 0.626. The molecule has 1 aromatic carbocycles. The van der Waals surface area contributed by atoms with Crippen molar-refractivity contribution in [1.29, 1.82) is 0 Å². The number of likely N-dealkylation sites (tertiary alicyclic amines) is 1. The van der Waals surface area contributed by atoms with Crippen LogP contribution in [0.2, 0.25) is 0 Å². The maximum absolute atomic E-state index is 12.2. The maximum atomic E-state index is 12.2. The largest absolute Gasteiger partial charge is 0.325 e. The van der Waals surface area contributed by atoms with Crippen molar-refractivity contribution in [1.82, 2.24) is 0 Å². The van der Waals surface area contributed by atoms with Gasteiger partial charge in [-0.25, -0.2) is 0 Å². The van der Waals surface area contributed by atoms with Gasteiger partial charge >= 0.3 is 0 Å². The molecule has 1 aliphatic rings. The third-order valence-corrected chi connectivity index (χ3v) is 3.85. The van der Waals surface area contributed by atoms with E-state index in [0.717, 1.165) is 13.1 Å². The average molecular weight is 278 g/mol. The van der Waals surface area contributed by atoms with Crippen molar-refractivity contribution in [2.24, 2.45) is 0 Å². The van der Waals surface area contributed by atoms with Crippen LogP contribution in [-0.2, 0) is 4.79 Å². The monoisotopic (exact) mass is 278 g/mol. The minimum atomic E-state index is -0.452. The predicted octanol–water partition coefficient (Wildman–Crippen LogP) is 0.991. The van der Waals surface area contributed by atoms with E-state index in [2.05, 4.69) is 5.32 Å². The van der Waals surface area contributed by atoms with E-state index in [0.29, 0.717) is 5.69 Å². The molecular weight excluding hydrogens is 258 g/mol. The number of piperidine rings is 1. The van der Waals surface area contributed by atoms with Crippen LogP contribution in [0.15, 0.2) is 24.3 Å². The molecule has 1 aromatic rings. The fourth-order valence-electron chi connectivity index (χ4n) is 2.54. The quantitative estimate of drug-likeness (QED) is 0.637. The van der Waals surface area contributed by atoms with Gasteiger partial charge in [0, 0.05) is 17.8 Å². The van der Waals surface area contributed by atoms with Crippen molar-refractivity contribution in [2.75, 3.05) is 18.4 Å². The summed E-state index contributed by atoms with van der Waals surface area (Å²) in [5.74, 6) is -0.0317. The van der Waals surface area contributed by atoms with Crippen LogP contribution in [0.3, 0.4) is 0 Å². The van der Waals surface area contributed by atoms with Gasteiger partial charge in [0.2, 0.25) is 0 Å². The number of nitro benzene ring substituents is 1. The molecule has 20 heavy (non-hydrogen) atoms. The van der Waals surface area contributed by atoms with Crippen LogP contribution >= 0.6 is 0 Å². The van der Waals surface area contributed by atoms with Crippen molar-refractivity contribution in [3.8, 4) is 0 Å². The molecule has 0 aromatic heterocycles. The highest BCUT2D eigenvalue weighted by Gasteiger charge is 2.26. The average Bonchev–Trinajstić information content (AvgIpc) is 2.48. The number of amides is 1. The summed E-state index contributed by atoms with van der Waals surface area (Å²) in [4.78, 5) is 23.6. The van der Waals surface area contributed by atoms with Crippen LogP contribution in [-0.4, -0.2) is 30.0 Å². The van der Waals surface area contributed by atoms with Crippen molar-refractivity contribution in [3.05, 3.63) is 34.4 Å². The number of non-ortho nitro benzene ring substituents is 1. The Morgan fingerprint density at radius 2 is 1.85 bits per heavy atom. The number of rotatable bonds is 4. The first kappa shape index (κ1) is 14.5. The molecule has 0 saturated carbocycles. The number of carbonyl (C=O) groups excluding carboxylic acids is 1. The number of benzene rings is 1. The number of nitrogens with zero attached hydrogens (tertiary/aromatic N) is 1. The van der Waals surface area contributed by atoms with Gasteiger partial charge in [0.1, 0.15) is 0 Å². The molecule has 6 nitrogen and oxygen atoms in total. The van der Waals surface area contributed by atoms with Gasteiger partial charge in [-0.05, 0) is 38.3 Å². The molecule has 1 saturated heterocycles. The second-order valence-electron chi connectivity index (χ2n) is 5.23. The Morgan fingerprint density at radius 3 is 2.40 bits per heavy atom. The van der Waals surface area contributed by atoms with E-state index in [9.17, 15) is 14.9 Å². The van der Waals surface area contributed by atoms with E-state index in [1.165, 1.54) is 36.3 Å². The summed E-state index contributed by atoms with van der Waals surface area (Å²) in [7, 11) is 0. The molecule has 0 aliphatic carbocycles. The maximum Gasteiger partial charge on any atom is 0.282 e. The zero-order chi connectivity index (χ0) is 14.5. The molecule has 108 valence electrons. The minimum absolute atomic E-state index is 0.0257. The Bertz CT molecular complexity index is 481. The van der Waals surface area contributed by atoms with Crippen LogP contribution in [0.5, 0.6) is 0 Å². The lowest BCUT2D eigenvalue weighted by molar-refractivity contribution is -0.918. The van der Waals surface area contributed by atoms with Crippen LogP contribution in [0.25, 0.3) is 0 Å². The molecule has 6 heteroatoms. The standard InChI is InChI=1S/C14H19N3O3/c1-11(16-9-3-2-4-10-16)14(18)15-12-5-7-13(8-6-12)17(19)20/h5-8,11H,2-4,9-10H2,1H3,(H,15,18)/p+1/t11-/m1/s1. The lowest BCUT2D eigenvalue weighted by atomic mass is 10.1. The fraction of sp³-hybridized carbons (Fsp3) is 0.500. The number of nitro groups is 1. The summed E-state index contributed by atoms with van der Waals surface area (Å²) in [6.07, 6.45) is 3.59. The van der Waals surface area contributed by atoms with Crippen LogP contribution in [0.4, 0.5) is 11.4 Å². The van der Waals surface area contributed by atoms with Crippen molar-refractivity contribution in [2.45, 2.75) is 32.2 Å². The van der Waals surface area contributed by atoms with E-state index < -0.39 is 4.92 Å². The summed E-state index contributed by atoms with van der Waals surface area (Å²) >= 11 is 0. The van der Waals surface area contributed by atoms with Gasteiger partial charge in [-0.2, -0.15) is 0 Å². The fourth-order valence-corrected chi connectivity index (χ4v) is 2.54. The first-order chi connectivity index (χ1) is 9.58. The first-order valence-corrected chi connectivity index (χ1v) is 6.98. The molecule has 1 aliphatic heterocycles. The number of nitrogens with one attached hydrogen (secondary N) is 2. The molecule has 1 fully saturated rings. The van der Waals surface area contributed by atoms with E-state index in [1.807, 2.05) is 6.92 Å². The number of quaternary nitrogens is 1. The predicted molar refractivity (Wildman–Crippen MR) is 75.7 cm³/mol. The summed E-state index contributed by atoms with van der Waals surface area (Å²) in [6, 6.07) is 5.83. The number of carbonyl (C=O) groups is 1. The minimum Gasteiger partial charge on any atom is -0.325 e. The molecule has 2 rings (SSSR count). The Balaban J connectivity index is 1.94. The van der Waals surface area contributed by atoms with E-state index in [1.54, 1.807) is 12.1 Å². The Hall–Kier alpha value is -1.95. The third-order valence-electron chi connectivity index (χ3n) is 3.85. The van der Waals surface area contributed by atoms with Crippen LogP contribution < -0.4 is 10.2 Å². The molecule has 0 bridgehead atoms. The molecule has 0 spiro atoms. The van der Waals surface area contributed by atoms with Gasteiger partial charge in [-0.15, -0.1) is 0 Å². The second-order valence-corrected chi connectivity index (χ2v) is 5.23. The van der Waals surface area contributed by atoms with Crippen molar-refractivity contribution in [3.63, 3.8) is 0 Å². The SMILES string of the molecule is C[C@H](C(=O)Nc1ccc([N+](=O)[O-])cc1)[NH+]1CCCCC1. The normalized spacial score (nSPS) is 17.4. The van der Waals surface area contributed by atoms with Gasteiger partial charge in [0.05, 0.1) is 18.0 Å². The van der Waals surface area contributed by atoms with E-state index in [-0.39, 0.29) is 17.6 Å².